The van der Waals surface area contributed by atoms with Gasteiger partial charge < -0.3 is 15.7 Å². The molecule has 1 atom stereocenters. The van der Waals surface area contributed by atoms with Gasteiger partial charge in [-0.1, -0.05) is 33.1 Å². The van der Waals surface area contributed by atoms with Crippen molar-refractivity contribution in [2.24, 2.45) is 11.3 Å². The molecule has 0 aromatic rings. The third-order valence-electron chi connectivity index (χ3n) is 3.85. The number of aliphatic hydroxyl groups is 1. The van der Waals surface area contributed by atoms with Crippen LogP contribution in [0.3, 0.4) is 0 Å². The van der Waals surface area contributed by atoms with E-state index in [-0.39, 0.29) is 17.6 Å². The van der Waals surface area contributed by atoms with Crippen molar-refractivity contribution in [3.05, 3.63) is 0 Å². The van der Waals surface area contributed by atoms with Crippen molar-refractivity contribution >= 4 is 6.03 Å². The SMILES string of the molecule is C[C@H](O)CC(C)(C)CNC(=O)NCC1CCCCC1. The highest BCUT2D eigenvalue weighted by Gasteiger charge is 2.21. The van der Waals surface area contributed by atoms with Crippen molar-refractivity contribution in [2.45, 2.75) is 65.4 Å². The monoisotopic (exact) mass is 270 g/mol. The predicted octanol–water partition coefficient (Wildman–Crippen LogP) is 2.66. The molecule has 1 aliphatic rings. The van der Waals surface area contributed by atoms with Crippen LogP contribution < -0.4 is 10.6 Å². The Labute approximate surface area is 117 Å². The van der Waals surface area contributed by atoms with Gasteiger partial charge in [-0.05, 0) is 37.5 Å². The van der Waals surface area contributed by atoms with Crippen LogP contribution in [-0.4, -0.2) is 30.3 Å². The maximum Gasteiger partial charge on any atom is 0.314 e. The average Bonchev–Trinajstić information content (AvgIpc) is 2.34. The number of amides is 2. The minimum Gasteiger partial charge on any atom is -0.393 e. The van der Waals surface area contributed by atoms with Crippen LogP contribution in [0.25, 0.3) is 0 Å². The Balaban J connectivity index is 2.16. The molecule has 0 aliphatic heterocycles. The first kappa shape index (κ1) is 16.3. The van der Waals surface area contributed by atoms with Crippen LogP contribution in [0, 0.1) is 11.3 Å². The molecule has 0 saturated heterocycles. The highest BCUT2D eigenvalue weighted by molar-refractivity contribution is 5.73. The fourth-order valence-electron chi connectivity index (χ4n) is 2.88. The summed E-state index contributed by atoms with van der Waals surface area (Å²) in [7, 11) is 0. The molecule has 1 aliphatic carbocycles. The van der Waals surface area contributed by atoms with Gasteiger partial charge >= 0.3 is 6.03 Å². The Morgan fingerprint density at radius 2 is 1.89 bits per heavy atom. The number of carbonyl (C=O) groups is 1. The molecular weight excluding hydrogens is 240 g/mol. The molecule has 0 radical (unpaired) electrons. The quantitative estimate of drug-likeness (QED) is 0.695. The number of carbonyl (C=O) groups excluding carboxylic acids is 1. The maximum atomic E-state index is 11.7. The predicted molar refractivity (Wildman–Crippen MR) is 78.1 cm³/mol. The zero-order chi connectivity index (χ0) is 14.3. The first-order valence-electron chi connectivity index (χ1n) is 7.59. The van der Waals surface area contributed by atoms with Crippen molar-refractivity contribution in [3.63, 3.8) is 0 Å². The fourth-order valence-corrected chi connectivity index (χ4v) is 2.88. The van der Waals surface area contributed by atoms with Gasteiger partial charge in [0.15, 0.2) is 0 Å². The molecule has 0 aromatic heterocycles. The van der Waals surface area contributed by atoms with Crippen LogP contribution in [0.4, 0.5) is 4.79 Å². The molecule has 0 unspecified atom stereocenters. The summed E-state index contributed by atoms with van der Waals surface area (Å²) in [5.41, 5.74) is -0.0731. The highest BCUT2D eigenvalue weighted by Crippen LogP contribution is 2.23. The maximum absolute atomic E-state index is 11.7. The lowest BCUT2D eigenvalue weighted by Gasteiger charge is -2.27. The third-order valence-corrected chi connectivity index (χ3v) is 3.85. The normalized spacial score (nSPS) is 18.9. The molecular formula is C15H30N2O2. The lowest BCUT2D eigenvalue weighted by molar-refractivity contribution is 0.128. The van der Waals surface area contributed by atoms with Crippen molar-refractivity contribution in [3.8, 4) is 0 Å². The number of rotatable bonds is 6. The van der Waals surface area contributed by atoms with Crippen LogP contribution in [0.5, 0.6) is 0 Å². The molecule has 19 heavy (non-hydrogen) atoms. The number of hydrogen-bond acceptors (Lipinski definition) is 2. The number of urea groups is 1. The van der Waals surface area contributed by atoms with E-state index in [2.05, 4.69) is 24.5 Å². The van der Waals surface area contributed by atoms with E-state index in [0.717, 1.165) is 6.54 Å². The number of hydrogen-bond donors (Lipinski definition) is 3. The van der Waals surface area contributed by atoms with Crippen LogP contribution in [-0.2, 0) is 0 Å². The Bertz CT molecular complexity index is 271. The standard InChI is InChI=1S/C15H30N2O2/c1-12(18)9-15(2,3)11-17-14(19)16-10-13-7-5-4-6-8-13/h12-13,18H,4-11H2,1-3H3,(H2,16,17,19)/t12-/m0/s1. The molecule has 0 spiro atoms. The Kier molecular flexibility index (Phi) is 6.63. The van der Waals surface area contributed by atoms with Crippen LogP contribution >= 0.6 is 0 Å². The number of nitrogens with one attached hydrogen (secondary N) is 2. The molecule has 0 heterocycles. The summed E-state index contributed by atoms with van der Waals surface area (Å²) >= 11 is 0. The van der Waals surface area contributed by atoms with Crippen molar-refractivity contribution < 1.29 is 9.90 Å². The Morgan fingerprint density at radius 3 is 2.47 bits per heavy atom. The lowest BCUT2D eigenvalue weighted by Crippen LogP contribution is -2.43. The summed E-state index contributed by atoms with van der Waals surface area (Å²) in [6, 6.07) is -0.0794. The molecule has 1 rings (SSSR count). The fraction of sp³-hybridized carbons (Fsp3) is 0.933. The molecule has 1 fully saturated rings. The molecule has 3 N–H and O–H groups in total. The first-order chi connectivity index (χ1) is 8.89. The van der Waals surface area contributed by atoms with Crippen molar-refractivity contribution in [1.29, 1.82) is 0 Å². The first-order valence-corrected chi connectivity index (χ1v) is 7.59. The summed E-state index contributed by atoms with van der Waals surface area (Å²) in [6.07, 6.45) is 6.79. The topological polar surface area (TPSA) is 61.4 Å². The minimum atomic E-state index is -0.331. The molecule has 0 bridgehead atoms. The summed E-state index contributed by atoms with van der Waals surface area (Å²) in [6.45, 7) is 7.28. The van der Waals surface area contributed by atoms with Gasteiger partial charge in [-0.25, -0.2) is 4.79 Å². The molecule has 4 heteroatoms. The molecule has 1 saturated carbocycles. The summed E-state index contributed by atoms with van der Waals surface area (Å²) < 4.78 is 0. The summed E-state index contributed by atoms with van der Waals surface area (Å²) in [4.78, 5) is 11.7. The Hall–Kier alpha value is -0.770. The summed E-state index contributed by atoms with van der Waals surface area (Å²) in [5.74, 6) is 0.657. The second-order valence-corrected chi connectivity index (χ2v) is 6.78. The summed E-state index contributed by atoms with van der Waals surface area (Å²) in [5, 5.41) is 15.3. The zero-order valence-corrected chi connectivity index (χ0v) is 12.7. The van der Waals surface area contributed by atoms with E-state index < -0.39 is 0 Å². The van der Waals surface area contributed by atoms with Gasteiger partial charge in [0.2, 0.25) is 0 Å². The smallest absolute Gasteiger partial charge is 0.314 e. The van der Waals surface area contributed by atoms with Gasteiger partial charge in [0.05, 0.1) is 6.10 Å². The lowest BCUT2D eigenvalue weighted by atomic mass is 9.87. The molecule has 2 amide bonds. The van der Waals surface area contributed by atoms with Crippen LogP contribution in [0.2, 0.25) is 0 Å². The number of aliphatic hydroxyl groups excluding tert-OH is 1. The second-order valence-electron chi connectivity index (χ2n) is 6.78. The minimum absolute atomic E-state index is 0.0731. The van der Waals surface area contributed by atoms with Crippen molar-refractivity contribution in [2.75, 3.05) is 13.1 Å². The van der Waals surface area contributed by atoms with E-state index in [0.29, 0.717) is 18.9 Å². The van der Waals surface area contributed by atoms with E-state index >= 15 is 0 Å². The van der Waals surface area contributed by atoms with Gasteiger partial charge in [0.1, 0.15) is 0 Å². The van der Waals surface area contributed by atoms with E-state index in [4.69, 9.17) is 0 Å². The molecule has 0 aromatic carbocycles. The van der Waals surface area contributed by atoms with Crippen LogP contribution in [0.1, 0.15) is 59.3 Å². The van der Waals surface area contributed by atoms with E-state index in [1.807, 2.05) is 0 Å². The van der Waals surface area contributed by atoms with Gasteiger partial charge in [-0.2, -0.15) is 0 Å². The zero-order valence-electron chi connectivity index (χ0n) is 12.7. The van der Waals surface area contributed by atoms with Gasteiger partial charge in [-0.15, -0.1) is 0 Å². The van der Waals surface area contributed by atoms with Gasteiger partial charge in [-0.3, -0.25) is 0 Å². The van der Waals surface area contributed by atoms with Gasteiger partial charge in [0.25, 0.3) is 0 Å². The largest absolute Gasteiger partial charge is 0.393 e. The van der Waals surface area contributed by atoms with E-state index in [1.54, 1.807) is 6.92 Å². The van der Waals surface area contributed by atoms with Crippen LogP contribution in [0.15, 0.2) is 0 Å². The molecule has 4 nitrogen and oxygen atoms in total. The van der Waals surface area contributed by atoms with E-state index in [1.165, 1.54) is 32.1 Å². The van der Waals surface area contributed by atoms with Crippen molar-refractivity contribution in [1.82, 2.24) is 10.6 Å². The second kappa shape index (κ2) is 7.73. The average molecular weight is 270 g/mol. The highest BCUT2D eigenvalue weighted by atomic mass is 16.3. The van der Waals surface area contributed by atoms with Gasteiger partial charge in [0, 0.05) is 13.1 Å². The van der Waals surface area contributed by atoms with E-state index in [9.17, 15) is 9.90 Å². The third kappa shape index (κ3) is 7.41. The molecule has 112 valence electrons. The Morgan fingerprint density at radius 1 is 1.26 bits per heavy atom.